The zero-order chi connectivity index (χ0) is 27.1. The van der Waals surface area contributed by atoms with Gasteiger partial charge in [-0.1, -0.05) is 42.5 Å². The Morgan fingerprint density at radius 2 is 1.68 bits per heavy atom. The molecule has 0 saturated heterocycles. The molecule has 0 fully saturated rings. The number of hydrogen-bond donors (Lipinski definition) is 3. The van der Waals surface area contributed by atoms with Crippen LogP contribution in [0.5, 0.6) is 5.75 Å². The number of aromatic hydroxyl groups is 1. The third-order valence-electron chi connectivity index (χ3n) is 6.44. The lowest BCUT2D eigenvalue weighted by molar-refractivity contribution is -0.149. The van der Waals surface area contributed by atoms with Gasteiger partial charge in [0.1, 0.15) is 24.5 Å². The van der Waals surface area contributed by atoms with Crippen LogP contribution in [0.2, 0.25) is 0 Å². The van der Waals surface area contributed by atoms with Gasteiger partial charge in [-0.25, -0.2) is 4.79 Å². The van der Waals surface area contributed by atoms with Gasteiger partial charge in [0.05, 0.1) is 6.61 Å². The largest absolute Gasteiger partial charge is 0.508 e. The van der Waals surface area contributed by atoms with Crippen LogP contribution in [0.25, 0.3) is 0 Å². The second-order valence-corrected chi connectivity index (χ2v) is 9.22. The molecule has 3 aromatic carbocycles. The Balaban J connectivity index is 1.60. The number of amides is 2. The minimum Gasteiger partial charge on any atom is -0.508 e. The molecule has 0 aliphatic heterocycles. The van der Waals surface area contributed by atoms with E-state index in [0.29, 0.717) is 5.69 Å². The minimum absolute atomic E-state index is 0.126. The highest BCUT2D eigenvalue weighted by molar-refractivity contribution is 5.97. The quantitative estimate of drug-likeness (QED) is 0.373. The molecule has 4 rings (SSSR count). The summed E-state index contributed by atoms with van der Waals surface area (Å²) in [7, 11) is 0. The number of aryl methyl sites for hydroxylation is 2. The molecule has 0 saturated carbocycles. The average Bonchev–Trinajstić information content (AvgIpc) is 3.04. The number of esters is 1. The van der Waals surface area contributed by atoms with Crippen LogP contribution in [0.15, 0.2) is 66.7 Å². The van der Waals surface area contributed by atoms with Gasteiger partial charge < -0.3 is 25.2 Å². The summed E-state index contributed by atoms with van der Waals surface area (Å²) < 4.78 is 11.2. The molecule has 1 unspecified atom stereocenters. The van der Waals surface area contributed by atoms with Gasteiger partial charge in [-0.3, -0.25) is 9.59 Å². The maximum absolute atomic E-state index is 13.3. The van der Waals surface area contributed by atoms with Gasteiger partial charge in [0.15, 0.2) is 0 Å². The monoisotopic (exact) mass is 516 g/mol. The van der Waals surface area contributed by atoms with Crippen molar-refractivity contribution in [2.45, 2.75) is 45.3 Å². The lowest BCUT2D eigenvalue weighted by atomic mass is 9.96. The Labute approximate surface area is 222 Å². The Kier molecular flexibility index (Phi) is 8.76. The highest BCUT2D eigenvalue weighted by Gasteiger charge is 2.27. The Morgan fingerprint density at radius 3 is 2.39 bits per heavy atom. The van der Waals surface area contributed by atoms with Crippen LogP contribution in [0, 0.1) is 0 Å². The number of anilines is 1. The average molecular weight is 517 g/mol. The van der Waals surface area contributed by atoms with Gasteiger partial charge in [0.2, 0.25) is 11.8 Å². The van der Waals surface area contributed by atoms with Crippen LogP contribution in [0.3, 0.4) is 0 Å². The summed E-state index contributed by atoms with van der Waals surface area (Å²) in [6.07, 6.45) is 1.36. The van der Waals surface area contributed by atoms with E-state index in [9.17, 15) is 19.5 Å². The van der Waals surface area contributed by atoms with Crippen LogP contribution < -0.4 is 10.6 Å². The van der Waals surface area contributed by atoms with E-state index in [1.165, 1.54) is 6.92 Å². The first-order valence-corrected chi connectivity index (χ1v) is 12.7. The normalized spacial score (nSPS) is 14.8. The van der Waals surface area contributed by atoms with E-state index in [-0.39, 0.29) is 37.2 Å². The van der Waals surface area contributed by atoms with E-state index in [1.54, 1.807) is 31.2 Å². The summed E-state index contributed by atoms with van der Waals surface area (Å²) in [5, 5.41) is 15.2. The number of hydrogen-bond acceptors (Lipinski definition) is 6. The highest BCUT2D eigenvalue weighted by atomic mass is 16.6. The van der Waals surface area contributed by atoms with Crippen molar-refractivity contribution in [3.8, 4) is 5.75 Å². The number of nitrogens with one attached hydrogen (secondary N) is 2. The Morgan fingerprint density at radius 1 is 0.974 bits per heavy atom. The number of phenolic OH excluding ortho intramolecular Hbond substituents is 1. The van der Waals surface area contributed by atoms with Gasteiger partial charge in [0.25, 0.3) is 0 Å². The number of benzene rings is 3. The summed E-state index contributed by atoms with van der Waals surface area (Å²) >= 11 is 0. The lowest BCUT2D eigenvalue weighted by Gasteiger charge is -2.22. The molecule has 0 heterocycles. The van der Waals surface area contributed by atoms with Gasteiger partial charge in [-0.15, -0.1) is 0 Å². The van der Waals surface area contributed by atoms with Gasteiger partial charge in [-0.2, -0.15) is 0 Å². The molecule has 0 bridgehead atoms. The SMILES string of the molecule is CCOC(=O)COC1c2ccccc2CCc2ccc(NC(=O)[C@H](Cc3ccc(O)cc3)NC(C)=O)cc21. The Hall–Kier alpha value is -4.17. The standard InChI is InChI=1S/C30H32N2O6/c1-3-37-28(35)18-38-29-25-7-5-4-6-21(25)10-11-22-12-13-23(17-26(22)29)32-30(36)27(31-19(2)33)16-20-8-14-24(34)15-9-20/h4-9,12-15,17,27,29,34H,3,10-11,16,18H2,1-2H3,(H,31,33)(H,32,36)/t27-,29?/m0/s1. The fraction of sp³-hybridized carbons (Fsp3) is 0.300. The topological polar surface area (TPSA) is 114 Å². The number of carbonyl (C=O) groups excluding carboxylic acids is 3. The zero-order valence-electron chi connectivity index (χ0n) is 21.5. The fourth-order valence-electron chi connectivity index (χ4n) is 4.68. The van der Waals surface area contributed by atoms with E-state index in [0.717, 1.165) is 40.7 Å². The smallest absolute Gasteiger partial charge is 0.332 e. The number of carbonyl (C=O) groups is 3. The maximum Gasteiger partial charge on any atom is 0.332 e. The molecule has 38 heavy (non-hydrogen) atoms. The van der Waals surface area contributed by atoms with Crippen LogP contribution in [-0.4, -0.2) is 42.1 Å². The molecule has 0 aromatic heterocycles. The fourth-order valence-corrected chi connectivity index (χ4v) is 4.68. The van der Waals surface area contributed by atoms with Crippen molar-refractivity contribution in [3.63, 3.8) is 0 Å². The molecule has 198 valence electrons. The molecule has 8 nitrogen and oxygen atoms in total. The summed E-state index contributed by atoms with van der Waals surface area (Å²) in [4.78, 5) is 37.2. The molecule has 0 radical (unpaired) electrons. The predicted molar refractivity (Wildman–Crippen MR) is 143 cm³/mol. The molecular formula is C30H32N2O6. The third-order valence-corrected chi connectivity index (χ3v) is 6.44. The van der Waals surface area contributed by atoms with Crippen LogP contribution in [-0.2, 0) is 43.1 Å². The van der Waals surface area contributed by atoms with E-state index >= 15 is 0 Å². The Bertz CT molecular complexity index is 1300. The third kappa shape index (κ3) is 6.77. The van der Waals surface area contributed by atoms with Crippen LogP contribution in [0.4, 0.5) is 5.69 Å². The predicted octanol–water partition coefficient (Wildman–Crippen LogP) is 3.85. The van der Waals surface area contributed by atoms with Crippen molar-refractivity contribution in [2.75, 3.05) is 18.5 Å². The molecule has 8 heteroatoms. The number of fused-ring (bicyclic) bond motifs is 2. The first-order valence-electron chi connectivity index (χ1n) is 12.7. The lowest BCUT2D eigenvalue weighted by Crippen LogP contribution is -2.44. The zero-order valence-corrected chi connectivity index (χ0v) is 21.5. The van der Waals surface area contributed by atoms with Gasteiger partial charge >= 0.3 is 5.97 Å². The molecule has 2 amide bonds. The van der Waals surface area contributed by atoms with Crippen molar-refractivity contribution in [1.29, 1.82) is 0 Å². The number of phenols is 1. The van der Waals surface area contributed by atoms with E-state index < -0.39 is 18.1 Å². The van der Waals surface area contributed by atoms with Crippen molar-refractivity contribution in [2.24, 2.45) is 0 Å². The first-order chi connectivity index (χ1) is 18.3. The van der Waals surface area contributed by atoms with Crippen molar-refractivity contribution in [1.82, 2.24) is 5.32 Å². The van der Waals surface area contributed by atoms with Crippen molar-refractivity contribution in [3.05, 3.63) is 94.5 Å². The molecular weight excluding hydrogens is 484 g/mol. The van der Waals surface area contributed by atoms with E-state index in [1.807, 2.05) is 36.4 Å². The summed E-state index contributed by atoms with van der Waals surface area (Å²) in [6.45, 7) is 3.19. The molecule has 1 aliphatic carbocycles. The van der Waals surface area contributed by atoms with E-state index in [2.05, 4.69) is 16.7 Å². The van der Waals surface area contributed by atoms with Crippen LogP contribution in [0.1, 0.15) is 47.8 Å². The second kappa shape index (κ2) is 12.4. The maximum atomic E-state index is 13.3. The molecule has 1 aliphatic rings. The summed E-state index contributed by atoms with van der Waals surface area (Å²) in [6, 6.07) is 19.3. The molecule has 3 aromatic rings. The summed E-state index contributed by atoms with van der Waals surface area (Å²) in [5.41, 5.74) is 5.40. The molecule has 2 atom stereocenters. The van der Waals surface area contributed by atoms with Crippen LogP contribution >= 0.6 is 0 Å². The van der Waals surface area contributed by atoms with Crippen molar-refractivity contribution >= 4 is 23.5 Å². The summed E-state index contributed by atoms with van der Waals surface area (Å²) in [5.74, 6) is -1.01. The first kappa shape index (κ1) is 26.9. The van der Waals surface area contributed by atoms with E-state index in [4.69, 9.17) is 9.47 Å². The van der Waals surface area contributed by atoms with Gasteiger partial charge in [-0.05, 0) is 71.8 Å². The van der Waals surface area contributed by atoms with Crippen molar-refractivity contribution < 1.29 is 29.0 Å². The number of rotatable bonds is 9. The minimum atomic E-state index is -0.813. The highest BCUT2D eigenvalue weighted by Crippen LogP contribution is 2.36. The second-order valence-electron chi connectivity index (χ2n) is 9.22. The molecule has 3 N–H and O–H groups in total. The van der Waals surface area contributed by atoms with Gasteiger partial charge in [0, 0.05) is 19.0 Å². The number of ether oxygens (including phenoxy) is 2. The molecule has 0 spiro atoms.